The van der Waals surface area contributed by atoms with Crippen molar-refractivity contribution in [3.8, 4) is 0 Å². The molecule has 17 heavy (non-hydrogen) atoms. The number of fused-ring (bicyclic) bond motifs is 1. The van der Waals surface area contributed by atoms with E-state index < -0.39 is 0 Å². The van der Waals surface area contributed by atoms with Crippen LogP contribution in [0.5, 0.6) is 0 Å². The molecule has 0 radical (unpaired) electrons. The standard InChI is InChI=1S/C12H15N3O2/c1-8-14-10-5-9(3-4-11(10)17-8)6-15(2)7-12(13)16/h3-5H,6-7H2,1-2H3,(H2,13,16). The van der Waals surface area contributed by atoms with Crippen LogP contribution < -0.4 is 5.73 Å². The van der Waals surface area contributed by atoms with Gasteiger partial charge in [0.2, 0.25) is 5.91 Å². The number of aryl methyl sites for hydroxylation is 1. The number of carbonyl (C=O) groups is 1. The second kappa shape index (κ2) is 4.55. The van der Waals surface area contributed by atoms with E-state index in [-0.39, 0.29) is 12.5 Å². The normalized spacial score (nSPS) is 11.2. The molecule has 0 aliphatic heterocycles. The number of nitrogens with two attached hydrogens (primary N) is 1. The summed E-state index contributed by atoms with van der Waals surface area (Å²) in [6.45, 7) is 2.72. The minimum absolute atomic E-state index is 0.246. The fourth-order valence-corrected chi connectivity index (χ4v) is 1.82. The summed E-state index contributed by atoms with van der Waals surface area (Å²) in [6.07, 6.45) is 0. The predicted molar refractivity (Wildman–Crippen MR) is 64.3 cm³/mol. The number of oxazole rings is 1. The van der Waals surface area contributed by atoms with Gasteiger partial charge in [0.15, 0.2) is 11.5 Å². The summed E-state index contributed by atoms with van der Waals surface area (Å²) >= 11 is 0. The second-order valence-electron chi connectivity index (χ2n) is 4.17. The van der Waals surface area contributed by atoms with Gasteiger partial charge in [0.1, 0.15) is 5.52 Å². The lowest BCUT2D eigenvalue weighted by Gasteiger charge is -2.13. The van der Waals surface area contributed by atoms with Gasteiger partial charge in [0.25, 0.3) is 0 Å². The molecular formula is C12H15N3O2. The van der Waals surface area contributed by atoms with E-state index in [1.807, 2.05) is 37.1 Å². The van der Waals surface area contributed by atoms with E-state index in [1.165, 1.54) is 0 Å². The third-order valence-electron chi connectivity index (χ3n) is 2.44. The van der Waals surface area contributed by atoms with Crippen LogP contribution in [0.2, 0.25) is 0 Å². The van der Waals surface area contributed by atoms with Gasteiger partial charge in [0.05, 0.1) is 6.54 Å². The molecule has 0 atom stereocenters. The van der Waals surface area contributed by atoms with Gasteiger partial charge < -0.3 is 10.2 Å². The molecule has 0 saturated heterocycles. The number of hydrogen-bond donors (Lipinski definition) is 1. The molecule has 0 saturated carbocycles. The minimum Gasteiger partial charge on any atom is -0.441 e. The van der Waals surface area contributed by atoms with Gasteiger partial charge in [-0.2, -0.15) is 0 Å². The van der Waals surface area contributed by atoms with Crippen LogP contribution in [0.25, 0.3) is 11.1 Å². The number of rotatable bonds is 4. The molecule has 1 amide bonds. The summed E-state index contributed by atoms with van der Waals surface area (Å²) in [4.78, 5) is 16.9. The third-order valence-corrected chi connectivity index (χ3v) is 2.44. The highest BCUT2D eigenvalue weighted by Crippen LogP contribution is 2.17. The first-order chi connectivity index (χ1) is 8.04. The lowest BCUT2D eigenvalue weighted by atomic mass is 10.2. The third kappa shape index (κ3) is 2.82. The Balaban J connectivity index is 2.16. The van der Waals surface area contributed by atoms with Gasteiger partial charge in [0, 0.05) is 13.5 Å². The molecule has 2 aromatic rings. The van der Waals surface area contributed by atoms with Gasteiger partial charge >= 0.3 is 0 Å². The Morgan fingerprint density at radius 2 is 2.29 bits per heavy atom. The van der Waals surface area contributed by atoms with Crippen molar-refractivity contribution in [1.82, 2.24) is 9.88 Å². The maximum absolute atomic E-state index is 10.8. The lowest BCUT2D eigenvalue weighted by Crippen LogP contribution is -2.30. The molecule has 0 aliphatic rings. The zero-order chi connectivity index (χ0) is 12.4. The van der Waals surface area contributed by atoms with Crippen molar-refractivity contribution in [2.45, 2.75) is 13.5 Å². The summed E-state index contributed by atoms with van der Waals surface area (Å²) in [5.41, 5.74) is 7.83. The molecule has 2 rings (SSSR count). The van der Waals surface area contributed by atoms with Gasteiger partial charge in [-0.1, -0.05) is 6.07 Å². The molecule has 0 fully saturated rings. The summed E-state index contributed by atoms with van der Waals surface area (Å²) in [6, 6.07) is 5.82. The molecule has 0 unspecified atom stereocenters. The van der Waals surface area contributed by atoms with Crippen molar-refractivity contribution in [3.63, 3.8) is 0 Å². The first kappa shape index (κ1) is 11.6. The van der Waals surface area contributed by atoms with Crippen LogP contribution in [0.3, 0.4) is 0 Å². The number of carbonyl (C=O) groups excluding carboxylic acids is 1. The number of hydrogen-bond acceptors (Lipinski definition) is 4. The van der Waals surface area contributed by atoms with E-state index in [2.05, 4.69) is 4.98 Å². The van der Waals surface area contributed by atoms with E-state index in [1.54, 1.807) is 0 Å². The monoisotopic (exact) mass is 233 g/mol. The van der Waals surface area contributed by atoms with Crippen LogP contribution in [-0.4, -0.2) is 29.4 Å². The summed E-state index contributed by atoms with van der Waals surface area (Å²) in [5, 5.41) is 0. The van der Waals surface area contributed by atoms with Crippen molar-refractivity contribution < 1.29 is 9.21 Å². The Morgan fingerprint density at radius 3 is 3.00 bits per heavy atom. The number of aromatic nitrogens is 1. The molecule has 5 nitrogen and oxygen atoms in total. The van der Waals surface area contributed by atoms with Crippen LogP contribution in [0.1, 0.15) is 11.5 Å². The van der Waals surface area contributed by atoms with Gasteiger partial charge in [-0.25, -0.2) is 4.98 Å². The Bertz CT molecular complexity index is 548. The van der Waals surface area contributed by atoms with Crippen LogP contribution in [0.4, 0.5) is 0 Å². The topological polar surface area (TPSA) is 72.4 Å². The highest BCUT2D eigenvalue weighted by atomic mass is 16.3. The summed E-state index contributed by atoms with van der Waals surface area (Å²) in [7, 11) is 1.85. The smallest absolute Gasteiger partial charge is 0.231 e. The maximum atomic E-state index is 10.8. The van der Waals surface area contributed by atoms with Crippen LogP contribution >= 0.6 is 0 Å². The fraction of sp³-hybridized carbons (Fsp3) is 0.333. The second-order valence-corrected chi connectivity index (χ2v) is 4.17. The number of amides is 1. The molecule has 0 aliphatic carbocycles. The Labute approximate surface area is 99.2 Å². The van der Waals surface area contributed by atoms with Crippen LogP contribution in [0.15, 0.2) is 22.6 Å². The van der Waals surface area contributed by atoms with Crippen molar-refractivity contribution in [3.05, 3.63) is 29.7 Å². The van der Waals surface area contributed by atoms with E-state index in [0.717, 1.165) is 16.7 Å². The van der Waals surface area contributed by atoms with E-state index in [4.69, 9.17) is 10.2 Å². The number of nitrogens with zero attached hydrogens (tertiary/aromatic N) is 2. The molecule has 5 heteroatoms. The molecular weight excluding hydrogens is 218 g/mol. The van der Waals surface area contributed by atoms with E-state index in [9.17, 15) is 4.79 Å². The largest absolute Gasteiger partial charge is 0.441 e. The first-order valence-corrected chi connectivity index (χ1v) is 5.37. The SMILES string of the molecule is Cc1nc2cc(CN(C)CC(N)=O)ccc2o1. The lowest BCUT2D eigenvalue weighted by molar-refractivity contribution is -0.118. The number of likely N-dealkylation sites (N-methyl/N-ethyl adjacent to an activating group) is 1. The molecule has 1 aromatic heterocycles. The summed E-state index contributed by atoms with van der Waals surface area (Å²) < 4.78 is 5.39. The predicted octanol–water partition coefficient (Wildman–Crippen LogP) is 1.05. The van der Waals surface area contributed by atoms with E-state index >= 15 is 0 Å². The molecule has 0 spiro atoms. The zero-order valence-electron chi connectivity index (χ0n) is 9.93. The molecule has 2 N–H and O–H groups in total. The van der Waals surface area contributed by atoms with Gasteiger partial charge in [-0.15, -0.1) is 0 Å². The minimum atomic E-state index is -0.328. The van der Waals surface area contributed by atoms with Crippen LogP contribution in [-0.2, 0) is 11.3 Å². The van der Waals surface area contributed by atoms with E-state index in [0.29, 0.717) is 12.4 Å². The molecule has 90 valence electrons. The first-order valence-electron chi connectivity index (χ1n) is 5.37. The highest BCUT2D eigenvalue weighted by Gasteiger charge is 2.06. The average molecular weight is 233 g/mol. The molecule has 0 bridgehead atoms. The number of benzene rings is 1. The number of primary amides is 1. The van der Waals surface area contributed by atoms with Crippen LogP contribution in [0, 0.1) is 6.92 Å². The molecule has 1 aromatic carbocycles. The van der Waals surface area contributed by atoms with Crippen molar-refractivity contribution in [2.75, 3.05) is 13.6 Å². The zero-order valence-corrected chi connectivity index (χ0v) is 9.93. The Kier molecular flexibility index (Phi) is 3.10. The van der Waals surface area contributed by atoms with Crippen molar-refractivity contribution in [2.24, 2.45) is 5.73 Å². The van der Waals surface area contributed by atoms with Crippen molar-refractivity contribution in [1.29, 1.82) is 0 Å². The fourth-order valence-electron chi connectivity index (χ4n) is 1.82. The Morgan fingerprint density at radius 1 is 1.53 bits per heavy atom. The molecule has 1 heterocycles. The quantitative estimate of drug-likeness (QED) is 0.856. The average Bonchev–Trinajstić information content (AvgIpc) is 2.55. The Hall–Kier alpha value is -1.88. The van der Waals surface area contributed by atoms with Gasteiger partial charge in [-0.05, 0) is 24.7 Å². The van der Waals surface area contributed by atoms with Crippen molar-refractivity contribution >= 4 is 17.0 Å². The van der Waals surface area contributed by atoms with Gasteiger partial charge in [-0.3, -0.25) is 9.69 Å². The summed E-state index contributed by atoms with van der Waals surface area (Å²) in [5.74, 6) is 0.327. The highest BCUT2D eigenvalue weighted by molar-refractivity contribution is 5.76. The maximum Gasteiger partial charge on any atom is 0.231 e.